The lowest BCUT2D eigenvalue weighted by Crippen LogP contribution is -1.89. The molecule has 0 fully saturated rings. The lowest BCUT2D eigenvalue weighted by molar-refractivity contribution is 1.49. The minimum Gasteiger partial charge on any atom is -0.387 e. The molecule has 1 nitrogen and oxygen atoms in total. The molecule has 1 aromatic carbocycles. The third-order valence-corrected chi connectivity index (χ3v) is 2.08. The molecule has 1 rings (SSSR count). The van der Waals surface area contributed by atoms with Gasteiger partial charge in [-0.05, 0) is 34.7 Å². The Labute approximate surface area is 80.8 Å². The molecular formula is C7H9ClIN. The van der Waals surface area contributed by atoms with Crippen LogP contribution >= 0.6 is 35.0 Å². The van der Waals surface area contributed by atoms with Crippen LogP contribution in [0.1, 0.15) is 0 Å². The second kappa shape index (κ2) is 4.79. The Hall–Kier alpha value is 0.0400. The van der Waals surface area contributed by atoms with Crippen molar-refractivity contribution in [3.8, 4) is 0 Å². The maximum Gasteiger partial charge on any atom is 0.0473 e. The lowest BCUT2D eigenvalue weighted by Gasteiger charge is -1.99. The number of hydrogen-bond donors (Lipinski definition) is 1. The first-order chi connectivity index (χ1) is 4.34. The molecule has 0 saturated carbocycles. The lowest BCUT2D eigenvalue weighted by atomic mass is 10.3. The van der Waals surface area contributed by atoms with Crippen molar-refractivity contribution in [2.75, 3.05) is 12.4 Å². The van der Waals surface area contributed by atoms with E-state index in [0.717, 1.165) is 0 Å². The van der Waals surface area contributed by atoms with Crippen molar-refractivity contribution in [3.05, 3.63) is 27.8 Å². The predicted octanol–water partition coefficient (Wildman–Crippen LogP) is 2.75. The van der Waals surface area contributed by atoms with Gasteiger partial charge in [0.05, 0.1) is 0 Å². The third kappa shape index (κ3) is 2.34. The largest absolute Gasteiger partial charge is 0.387 e. The summed E-state index contributed by atoms with van der Waals surface area (Å²) >= 11 is 2.30. The van der Waals surface area contributed by atoms with Crippen LogP contribution in [-0.2, 0) is 0 Å². The molecule has 0 atom stereocenters. The molecule has 10 heavy (non-hydrogen) atoms. The Morgan fingerprint density at radius 3 is 2.30 bits per heavy atom. The summed E-state index contributed by atoms with van der Waals surface area (Å²) in [4.78, 5) is 0. The van der Waals surface area contributed by atoms with E-state index in [-0.39, 0.29) is 12.4 Å². The van der Waals surface area contributed by atoms with E-state index >= 15 is 0 Å². The topological polar surface area (TPSA) is 12.0 Å². The number of nitrogens with one attached hydrogen (secondary N) is 1. The maximum atomic E-state index is 3.09. The van der Waals surface area contributed by atoms with E-state index in [2.05, 4.69) is 40.0 Å². The Bertz CT molecular complexity index is 203. The fraction of sp³-hybridized carbons (Fsp3) is 0.143. The molecule has 0 aromatic heterocycles. The molecule has 0 unspecified atom stereocenters. The Balaban J connectivity index is 0.000000810. The highest BCUT2D eigenvalue weighted by Gasteiger charge is 1.90. The molecule has 0 bridgehead atoms. The van der Waals surface area contributed by atoms with E-state index in [1.54, 1.807) is 0 Å². The Morgan fingerprint density at radius 1 is 1.30 bits per heavy atom. The van der Waals surface area contributed by atoms with Gasteiger partial charge in [-0.15, -0.1) is 12.4 Å². The zero-order chi connectivity index (χ0) is 6.69. The van der Waals surface area contributed by atoms with Gasteiger partial charge in [-0.3, -0.25) is 0 Å². The summed E-state index contributed by atoms with van der Waals surface area (Å²) in [7, 11) is 1.93. The summed E-state index contributed by atoms with van der Waals surface area (Å²) in [6.07, 6.45) is 0. The fourth-order valence-corrected chi connectivity index (χ4v) is 1.32. The smallest absolute Gasteiger partial charge is 0.0473 e. The molecule has 0 aliphatic rings. The number of rotatable bonds is 1. The minimum absolute atomic E-state index is 0. The molecular weight excluding hydrogens is 260 g/mol. The van der Waals surface area contributed by atoms with Crippen molar-refractivity contribution in [1.29, 1.82) is 0 Å². The first kappa shape index (κ1) is 10.0. The number of para-hydroxylation sites is 1. The van der Waals surface area contributed by atoms with Crippen LogP contribution in [-0.4, -0.2) is 7.05 Å². The molecule has 56 valence electrons. The average Bonchev–Trinajstić information content (AvgIpc) is 1.89. The number of halogens is 2. The first-order valence-electron chi connectivity index (χ1n) is 2.77. The Morgan fingerprint density at radius 2 is 1.90 bits per heavy atom. The standard InChI is InChI=1S/C7H8IN.ClH/c1-9-7-5-3-2-4-6(7)8;/h2-5,9H,1H3;1H. The molecule has 0 radical (unpaired) electrons. The molecule has 0 aliphatic carbocycles. The normalized spacial score (nSPS) is 8.20. The van der Waals surface area contributed by atoms with Crippen LogP contribution < -0.4 is 5.32 Å². The predicted molar refractivity (Wildman–Crippen MR) is 56.0 cm³/mol. The Kier molecular flexibility index (Phi) is 4.81. The summed E-state index contributed by atoms with van der Waals surface area (Å²) in [5, 5.41) is 3.09. The van der Waals surface area contributed by atoms with E-state index in [9.17, 15) is 0 Å². The van der Waals surface area contributed by atoms with Gasteiger partial charge in [0.15, 0.2) is 0 Å². The second-order valence-electron chi connectivity index (χ2n) is 1.73. The van der Waals surface area contributed by atoms with Crippen LogP contribution in [0.5, 0.6) is 0 Å². The monoisotopic (exact) mass is 269 g/mol. The first-order valence-corrected chi connectivity index (χ1v) is 3.85. The van der Waals surface area contributed by atoms with Gasteiger partial charge >= 0.3 is 0 Å². The summed E-state index contributed by atoms with van der Waals surface area (Å²) in [6, 6.07) is 8.19. The third-order valence-electron chi connectivity index (χ3n) is 1.14. The number of hydrogen-bond acceptors (Lipinski definition) is 1. The van der Waals surface area contributed by atoms with Crippen LogP contribution in [0.3, 0.4) is 0 Å². The van der Waals surface area contributed by atoms with Crippen molar-refractivity contribution in [2.45, 2.75) is 0 Å². The summed E-state index contributed by atoms with van der Waals surface area (Å²) in [6.45, 7) is 0. The highest BCUT2D eigenvalue weighted by Crippen LogP contribution is 2.15. The highest BCUT2D eigenvalue weighted by atomic mass is 127. The molecule has 1 N–H and O–H groups in total. The minimum atomic E-state index is 0. The highest BCUT2D eigenvalue weighted by molar-refractivity contribution is 14.1. The number of benzene rings is 1. The van der Waals surface area contributed by atoms with Gasteiger partial charge in [0.1, 0.15) is 0 Å². The molecule has 0 heterocycles. The van der Waals surface area contributed by atoms with E-state index in [1.807, 2.05) is 19.2 Å². The van der Waals surface area contributed by atoms with Crippen molar-refractivity contribution in [2.24, 2.45) is 0 Å². The fourth-order valence-electron chi connectivity index (χ4n) is 0.664. The summed E-state index contributed by atoms with van der Waals surface area (Å²) in [5.41, 5.74) is 1.19. The number of anilines is 1. The van der Waals surface area contributed by atoms with Gasteiger partial charge in [-0.25, -0.2) is 0 Å². The SMILES string of the molecule is CNc1ccccc1I.Cl. The molecule has 0 spiro atoms. The van der Waals surface area contributed by atoms with Crippen LogP contribution in [0, 0.1) is 3.57 Å². The van der Waals surface area contributed by atoms with E-state index in [1.165, 1.54) is 9.26 Å². The van der Waals surface area contributed by atoms with E-state index < -0.39 is 0 Å². The van der Waals surface area contributed by atoms with Crippen LogP contribution in [0.4, 0.5) is 5.69 Å². The molecule has 0 aliphatic heterocycles. The molecule has 3 heteroatoms. The summed E-state index contributed by atoms with van der Waals surface area (Å²) < 4.78 is 1.26. The van der Waals surface area contributed by atoms with Crippen LogP contribution in [0.15, 0.2) is 24.3 Å². The summed E-state index contributed by atoms with van der Waals surface area (Å²) in [5.74, 6) is 0. The van der Waals surface area contributed by atoms with Gasteiger partial charge in [-0.1, -0.05) is 12.1 Å². The van der Waals surface area contributed by atoms with Crippen LogP contribution in [0.25, 0.3) is 0 Å². The second-order valence-corrected chi connectivity index (χ2v) is 2.89. The van der Waals surface area contributed by atoms with Gasteiger partial charge in [0, 0.05) is 16.3 Å². The van der Waals surface area contributed by atoms with Crippen molar-refractivity contribution in [3.63, 3.8) is 0 Å². The van der Waals surface area contributed by atoms with Crippen molar-refractivity contribution in [1.82, 2.24) is 0 Å². The zero-order valence-electron chi connectivity index (χ0n) is 5.60. The molecule has 0 saturated heterocycles. The van der Waals surface area contributed by atoms with Gasteiger partial charge < -0.3 is 5.32 Å². The van der Waals surface area contributed by atoms with Gasteiger partial charge in [-0.2, -0.15) is 0 Å². The van der Waals surface area contributed by atoms with Gasteiger partial charge in [0.2, 0.25) is 0 Å². The van der Waals surface area contributed by atoms with Gasteiger partial charge in [0.25, 0.3) is 0 Å². The van der Waals surface area contributed by atoms with Crippen molar-refractivity contribution < 1.29 is 0 Å². The maximum absolute atomic E-state index is 3.09. The molecule has 1 aromatic rings. The van der Waals surface area contributed by atoms with E-state index in [0.29, 0.717) is 0 Å². The quantitative estimate of drug-likeness (QED) is 0.773. The zero-order valence-corrected chi connectivity index (χ0v) is 8.57. The van der Waals surface area contributed by atoms with E-state index in [4.69, 9.17) is 0 Å². The molecule has 0 amide bonds. The van der Waals surface area contributed by atoms with Crippen LogP contribution in [0.2, 0.25) is 0 Å². The average molecular weight is 270 g/mol. The van der Waals surface area contributed by atoms with Crippen molar-refractivity contribution >= 4 is 40.7 Å².